The molecule has 1 aliphatic rings. The third kappa shape index (κ3) is 3.23. The van der Waals surface area contributed by atoms with Crippen LogP contribution >= 0.6 is 11.8 Å². The molecule has 1 atom stereocenters. The van der Waals surface area contributed by atoms with E-state index >= 15 is 0 Å². The molecule has 112 valence electrons. The summed E-state index contributed by atoms with van der Waals surface area (Å²) in [6.07, 6.45) is 0.501. The summed E-state index contributed by atoms with van der Waals surface area (Å²) < 4.78 is 24.1. The zero-order valence-electron chi connectivity index (χ0n) is 11.3. The number of hydrogen-bond acceptors (Lipinski definition) is 7. The highest BCUT2D eigenvalue weighted by Gasteiger charge is 2.32. The van der Waals surface area contributed by atoms with Crippen LogP contribution in [0, 0.1) is 6.92 Å². The minimum atomic E-state index is -2.99. The van der Waals surface area contributed by atoms with E-state index in [0.29, 0.717) is 17.4 Å². The third-order valence-electron chi connectivity index (χ3n) is 3.31. The summed E-state index contributed by atoms with van der Waals surface area (Å²) in [5, 5.41) is 8.11. The molecule has 0 bridgehead atoms. The first-order chi connectivity index (χ1) is 9.30. The Morgan fingerprint density at radius 1 is 1.55 bits per heavy atom. The Kier molecular flexibility index (Phi) is 4.23. The number of nitrogens with two attached hydrogens (primary N) is 1. The maximum absolute atomic E-state index is 12.0. The van der Waals surface area contributed by atoms with Crippen molar-refractivity contribution in [3.63, 3.8) is 0 Å². The molecular formula is C10H17N5O3S2. The smallest absolute Gasteiger partial charge is 0.233 e. The number of hydrogen-bond donors (Lipinski definition) is 1. The fourth-order valence-electron chi connectivity index (χ4n) is 1.96. The minimum absolute atomic E-state index is 0.0477. The van der Waals surface area contributed by atoms with Gasteiger partial charge < -0.3 is 10.7 Å². The molecule has 1 amide bonds. The lowest BCUT2D eigenvalue weighted by Gasteiger charge is -2.23. The van der Waals surface area contributed by atoms with Crippen molar-refractivity contribution in [1.29, 1.82) is 0 Å². The Hall–Kier alpha value is -1.29. The van der Waals surface area contributed by atoms with Crippen molar-refractivity contribution in [2.45, 2.75) is 24.5 Å². The van der Waals surface area contributed by atoms with Crippen molar-refractivity contribution in [2.24, 2.45) is 0 Å². The Balaban J connectivity index is 1.90. The van der Waals surface area contributed by atoms with Crippen LogP contribution < -0.4 is 5.84 Å². The Labute approximate surface area is 121 Å². The number of sulfone groups is 1. The van der Waals surface area contributed by atoms with Gasteiger partial charge in [-0.25, -0.2) is 13.1 Å². The Bertz CT molecular complexity index is 612. The van der Waals surface area contributed by atoms with E-state index in [9.17, 15) is 13.2 Å². The highest BCUT2D eigenvalue weighted by atomic mass is 32.2. The van der Waals surface area contributed by atoms with Gasteiger partial charge >= 0.3 is 0 Å². The standard InChI is InChI=1S/C10H17N5O3S2/c1-7-12-13-10(15(7)11)19-5-9(16)14(2)8-3-4-20(17,18)6-8/h8H,3-6,11H2,1-2H3/t8-/m1/s1. The molecule has 1 saturated heterocycles. The zero-order valence-corrected chi connectivity index (χ0v) is 12.9. The van der Waals surface area contributed by atoms with E-state index in [-0.39, 0.29) is 29.2 Å². The fourth-order valence-corrected chi connectivity index (χ4v) is 4.56. The summed E-state index contributed by atoms with van der Waals surface area (Å²) in [7, 11) is -1.36. The van der Waals surface area contributed by atoms with Crippen molar-refractivity contribution in [3.05, 3.63) is 5.82 Å². The Morgan fingerprint density at radius 2 is 2.25 bits per heavy atom. The van der Waals surface area contributed by atoms with E-state index in [4.69, 9.17) is 5.84 Å². The second-order valence-corrected chi connectivity index (χ2v) is 7.92. The van der Waals surface area contributed by atoms with Gasteiger partial charge in [-0.2, -0.15) is 0 Å². The van der Waals surface area contributed by atoms with E-state index in [1.807, 2.05) is 0 Å². The number of amides is 1. The summed E-state index contributed by atoms with van der Waals surface area (Å²) in [4.78, 5) is 13.5. The number of carbonyl (C=O) groups excluding carboxylic acids is 1. The van der Waals surface area contributed by atoms with E-state index < -0.39 is 9.84 Å². The average Bonchev–Trinajstić information content (AvgIpc) is 2.90. The van der Waals surface area contributed by atoms with Crippen LogP contribution in [0.15, 0.2) is 5.16 Å². The van der Waals surface area contributed by atoms with E-state index in [1.54, 1.807) is 14.0 Å². The molecule has 1 aromatic rings. The number of thioether (sulfide) groups is 1. The van der Waals surface area contributed by atoms with Crippen LogP contribution in [0.1, 0.15) is 12.2 Å². The summed E-state index contributed by atoms with van der Waals surface area (Å²) in [6.45, 7) is 1.72. The van der Waals surface area contributed by atoms with Crippen LogP contribution in [0.2, 0.25) is 0 Å². The highest BCUT2D eigenvalue weighted by molar-refractivity contribution is 7.99. The molecule has 0 unspecified atom stereocenters. The monoisotopic (exact) mass is 319 g/mol. The van der Waals surface area contributed by atoms with Crippen molar-refractivity contribution >= 4 is 27.5 Å². The van der Waals surface area contributed by atoms with Crippen molar-refractivity contribution in [2.75, 3.05) is 30.1 Å². The maximum Gasteiger partial charge on any atom is 0.233 e. The molecule has 2 rings (SSSR count). The normalized spacial score (nSPS) is 21.0. The number of carbonyl (C=O) groups is 1. The number of aromatic nitrogens is 3. The lowest BCUT2D eigenvalue weighted by molar-refractivity contribution is -0.128. The van der Waals surface area contributed by atoms with Crippen LogP contribution in [0.5, 0.6) is 0 Å². The second-order valence-electron chi connectivity index (χ2n) is 4.75. The minimum Gasteiger partial charge on any atom is -0.341 e. The molecule has 20 heavy (non-hydrogen) atoms. The second kappa shape index (κ2) is 5.60. The lowest BCUT2D eigenvalue weighted by Crippen LogP contribution is -2.38. The quantitative estimate of drug-likeness (QED) is 0.562. The summed E-state index contributed by atoms with van der Waals surface area (Å²) in [5.74, 6) is 6.47. The molecule has 0 saturated carbocycles. The van der Waals surface area contributed by atoms with Crippen molar-refractivity contribution < 1.29 is 13.2 Å². The van der Waals surface area contributed by atoms with Gasteiger partial charge in [0, 0.05) is 13.1 Å². The summed E-state index contributed by atoms with van der Waals surface area (Å²) >= 11 is 1.19. The molecule has 2 heterocycles. The van der Waals surface area contributed by atoms with Gasteiger partial charge in [0.1, 0.15) is 5.82 Å². The topological polar surface area (TPSA) is 111 Å². The van der Waals surface area contributed by atoms with Gasteiger partial charge in [0.2, 0.25) is 11.1 Å². The van der Waals surface area contributed by atoms with Gasteiger partial charge in [0.05, 0.1) is 17.3 Å². The van der Waals surface area contributed by atoms with Gasteiger partial charge in [0.25, 0.3) is 0 Å². The van der Waals surface area contributed by atoms with E-state index in [2.05, 4.69) is 10.2 Å². The molecule has 10 heteroatoms. The first-order valence-electron chi connectivity index (χ1n) is 6.06. The third-order valence-corrected chi connectivity index (χ3v) is 5.99. The number of nitrogen functional groups attached to an aromatic ring is 1. The lowest BCUT2D eigenvalue weighted by atomic mass is 10.2. The molecule has 2 N–H and O–H groups in total. The predicted molar refractivity (Wildman–Crippen MR) is 75.5 cm³/mol. The first kappa shape index (κ1) is 15.1. The molecule has 0 aliphatic carbocycles. The number of nitrogens with zero attached hydrogens (tertiary/aromatic N) is 4. The Morgan fingerprint density at radius 3 is 2.75 bits per heavy atom. The summed E-state index contributed by atoms with van der Waals surface area (Å²) in [6, 6.07) is -0.231. The molecule has 0 radical (unpaired) electrons. The largest absolute Gasteiger partial charge is 0.341 e. The number of aryl methyl sites for hydroxylation is 1. The zero-order chi connectivity index (χ0) is 14.9. The maximum atomic E-state index is 12.0. The van der Waals surface area contributed by atoms with Gasteiger partial charge in [0.15, 0.2) is 9.84 Å². The molecule has 1 aliphatic heterocycles. The van der Waals surface area contributed by atoms with Gasteiger partial charge in [-0.1, -0.05) is 11.8 Å². The highest BCUT2D eigenvalue weighted by Crippen LogP contribution is 2.19. The van der Waals surface area contributed by atoms with Crippen LogP contribution in [0.4, 0.5) is 0 Å². The van der Waals surface area contributed by atoms with Crippen LogP contribution in [0.25, 0.3) is 0 Å². The van der Waals surface area contributed by atoms with Crippen LogP contribution in [-0.4, -0.2) is 64.4 Å². The SMILES string of the molecule is Cc1nnc(SCC(=O)N(C)[C@@H]2CCS(=O)(=O)C2)n1N. The summed E-state index contributed by atoms with van der Waals surface area (Å²) in [5.41, 5.74) is 0. The van der Waals surface area contributed by atoms with E-state index in [1.165, 1.54) is 21.3 Å². The van der Waals surface area contributed by atoms with Gasteiger partial charge in [-0.3, -0.25) is 4.79 Å². The van der Waals surface area contributed by atoms with Gasteiger partial charge in [-0.15, -0.1) is 10.2 Å². The molecule has 0 spiro atoms. The fraction of sp³-hybridized carbons (Fsp3) is 0.700. The average molecular weight is 319 g/mol. The molecule has 8 nitrogen and oxygen atoms in total. The predicted octanol–water partition coefficient (Wildman–Crippen LogP) is -0.962. The molecule has 0 aromatic carbocycles. The molecule has 1 fully saturated rings. The molecular weight excluding hydrogens is 302 g/mol. The van der Waals surface area contributed by atoms with Gasteiger partial charge in [-0.05, 0) is 13.3 Å². The molecule has 1 aromatic heterocycles. The van der Waals surface area contributed by atoms with Crippen molar-refractivity contribution in [3.8, 4) is 0 Å². The van der Waals surface area contributed by atoms with Crippen LogP contribution in [0.3, 0.4) is 0 Å². The van der Waals surface area contributed by atoms with Crippen LogP contribution in [-0.2, 0) is 14.6 Å². The first-order valence-corrected chi connectivity index (χ1v) is 8.87. The van der Waals surface area contributed by atoms with Crippen molar-refractivity contribution in [1.82, 2.24) is 19.8 Å². The van der Waals surface area contributed by atoms with E-state index in [0.717, 1.165) is 0 Å². The number of rotatable bonds is 4.